The van der Waals surface area contributed by atoms with Gasteiger partial charge < -0.3 is 24.1 Å². The number of fused-ring (bicyclic) bond motifs is 1. The van der Waals surface area contributed by atoms with Gasteiger partial charge in [0.2, 0.25) is 0 Å². The fourth-order valence-corrected chi connectivity index (χ4v) is 4.50. The van der Waals surface area contributed by atoms with E-state index in [0.717, 1.165) is 15.7 Å². The average molecular weight is 481 g/mol. The number of hydrogen-bond acceptors (Lipinski definition) is 7. The van der Waals surface area contributed by atoms with E-state index in [1.807, 2.05) is 60.7 Å². The molecule has 0 spiro atoms. The summed E-state index contributed by atoms with van der Waals surface area (Å²) in [5.41, 5.74) is 1.11. The summed E-state index contributed by atoms with van der Waals surface area (Å²) in [6, 6.07) is 18.2. The quantitative estimate of drug-likeness (QED) is 0.575. The van der Waals surface area contributed by atoms with Crippen LogP contribution < -0.4 is 11.2 Å². The minimum Gasteiger partial charge on any atom is -0.388 e. The minimum absolute atomic E-state index is 0.0769. The van der Waals surface area contributed by atoms with Crippen molar-refractivity contribution in [1.29, 1.82) is 0 Å². The first-order chi connectivity index (χ1) is 17.0. The third-order valence-electron chi connectivity index (χ3n) is 6.40. The van der Waals surface area contributed by atoms with E-state index in [2.05, 4.69) is 0 Å². The summed E-state index contributed by atoms with van der Waals surface area (Å²) in [7, 11) is 0. The van der Waals surface area contributed by atoms with Crippen LogP contribution in [-0.2, 0) is 32.3 Å². The Morgan fingerprint density at radius 3 is 2.46 bits per heavy atom. The molecular weight excluding hydrogens is 452 g/mol. The zero-order valence-corrected chi connectivity index (χ0v) is 19.4. The molecule has 2 aliphatic heterocycles. The lowest BCUT2D eigenvalue weighted by Crippen LogP contribution is -2.58. The van der Waals surface area contributed by atoms with Crippen LogP contribution in [0.2, 0.25) is 0 Å². The largest absolute Gasteiger partial charge is 0.388 e. The molecule has 1 aromatic heterocycles. The van der Waals surface area contributed by atoms with Gasteiger partial charge in [-0.3, -0.25) is 9.36 Å². The van der Waals surface area contributed by atoms with Crippen molar-refractivity contribution in [3.8, 4) is 0 Å². The maximum absolute atomic E-state index is 13.3. The van der Waals surface area contributed by atoms with Crippen LogP contribution >= 0.6 is 0 Å². The van der Waals surface area contributed by atoms with E-state index in [9.17, 15) is 14.7 Å². The van der Waals surface area contributed by atoms with Crippen molar-refractivity contribution in [2.45, 2.75) is 50.9 Å². The molecule has 5 rings (SSSR count). The summed E-state index contributed by atoms with van der Waals surface area (Å²) in [4.78, 5) is 26.0. The van der Waals surface area contributed by atoms with Crippen molar-refractivity contribution in [3.05, 3.63) is 104 Å². The van der Waals surface area contributed by atoms with Crippen molar-refractivity contribution in [2.24, 2.45) is 0 Å². The van der Waals surface area contributed by atoms with Crippen molar-refractivity contribution >= 4 is 0 Å². The van der Waals surface area contributed by atoms with Gasteiger partial charge >= 0.3 is 5.69 Å². The third-order valence-corrected chi connectivity index (χ3v) is 6.40. The van der Waals surface area contributed by atoms with E-state index < -0.39 is 41.9 Å². The maximum Gasteiger partial charge on any atom is 0.333 e. The van der Waals surface area contributed by atoms with Gasteiger partial charge in [0.05, 0.1) is 25.9 Å². The lowest BCUT2D eigenvalue weighted by Gasteiger charge is -2.45. The average Bonchev–Trinajstić information content (AvgIpc) is 2.90. The van der Waals surface area contributed by atoms with Crippen LogP contribution in [0.1, 0.15) is 29.0 Å². The number of aryl methyl sites for hydroxylation is 1. The summed E-state index contributed by atoms with van der Waals surface area (Å²) in [5, 5.41) is 11.2. The van der Waals surface area contributed by atoms with Gasteiger partial charge in [-0.25, -0.2) is 9.36 Å². The highest BCUT2D eigenvalue weighted by molar-refractivity contribution is 5.17. The summed E-state index contributed by atoms with van der Waals surface area (Å²) in [5.74, 6) is 0. The first-order valence-electron chi connectivity index (χ1n) is 11.6. The van der Waals surface area contributed by atoms with Gasteiger partial charge in [-0.2, -0.15) is 0 Å². The third kappa shape index (κ3) is 4.86. The summed E-state index contributed by atoms with van der Waals surface area (Å²) in [6.07, 6.45) is -1.39. The first kappa shape index (κ1) is 23.7. The molecule has 35 heavy (non-hydrogen) atoms. The topological polar surface area (TPSA) is 101 Å². The molecule has 3 aromatic rings. The lowest BCUT2D eigenvalue weighted by atomic mass is 9.96. The molecule has 0 saturated carbocycles. The SMILES string of the molecule is Cc1cn([C@@H]2CO[C@@H]3CO[C@@H](c4ccccc4)OC3[C@H]2O)c(=O)n(COCc2ccccc2)c1=O. The van der Waals surface area contributed by atoms with Crippen molar-refractivity contribution < 1.29 is 24.1 Å². The second-order valence-electron chi connectivity index (χ2n) is 8.80. The van der Waals surface area contributed by atoms with Crippen molar-refractivity contribution in [2.75, 3.05) is 13.2 Å². The Balaban J connectivity index is 1.36. The van der Waals surface area contributed by atoms with Crippen LogP contribution in [0.25, 0.3) is 0 Å². The Kier molecular flexibility index (Phi) is 6.94. The van der Waals surface area contributed by atoms with Gasteiger partial charge in [0.25, 0.3) is 5.56 Å². The fraction of sp³-hybridized carbons (Fsp3) is 0.385. The van der Waals surface area contributed by atoms with E-state index >= 15 is 0 Å². The number of rotatable bonds is 6. The standard InChI is InChI=1S/C26H28N2O7/c1-17-12-27(26(31)28(24(17)30)16-32-13-18-8-4-2-5-9-18)20-14-33-21-15-34-25(35-23(21)22(20)29)19-10-6-3-7-11-19/h2-12,20-23,25,29H,13-16H2,1H3/t20-,21-,22+,23?,25-/m1/s1. The number of aromatic nitrogens is 2. The molecule has 184 valence electrons. The van der Waals surface area contributed by atoms with Crippen LogP contribution in [0, 0.1) is 6.92 Å². The summed E-state index contributed by atoms with van der Waals surface area (Å²) < 4.78 is 25.8. The second-order valence-corrected chi connectivity index (χ2v) is 8.80. The fourth-order valence-electron chi connectivity index (χ4n) is 4.50. The summed E-state index contributed by atoms with van der Waals surface area (Å²) >= 11 is 0. The van der Waals surface area contributed by atoms with Crippen LogP contribution in [0.3, 0.4) is 0 Å². The molecule has 0 amide bonds. The molecule has 0 bridgehead atoms. The van der Waals surface area contributed by atoms with E-state index in [4.69, 9.17) is 18.9 Å². The van der Waals surface area contributed by atoms with E-state index in [1.165, 1.54) is 10.8 Å². The van der Waals surface area contributed by atoms with Gasteiger partial charge in [-0.15, -0.1) is 0 Å². The van der Waals surface area contributed by atoms with Crippen LogP contribution in [0.15, 0.2) is 76.4 Å². The first-order valence-corrected chi connectivity index (χ1v) is 11.6. The molecule has 9 heteroatoms. The number of ether oxygens (including phenoxy) is 4. The van der Waals surface area contributed by atoms with E-state index in [-0.39, 0.29) is 26.6 Å². The molecular formula is C26H28N2O7. The normalized spacial score (nSPS) is 26.3. The predicted octanol–water partition coefficient (Wildman–Crippen LogP) is 1.91. The Morgan fingerprint density at radius 1 is 1.00 bits per heavy atom. The van der Waals surface area contributed by atoms with Crippen LogP contribution in [0.5, 0.6) is 0 Å². The number of aliphatic hydroxyl groups excluding tert-OH is 1. The number of hydrogen-bond donors (Lipinski definition) is 1. The molecule has 2 aromatic carbocycles. The van der Waals surface area contributed by atoms with Crippen LogP contribution in [0.4, 0.5) is 0 Å². The molecule has 3 heterocycles. The van der Waals surface area contributed by atoms with Gasteiger partial charge in [0.1, 0.15) is 25.0 Å². The highest BCUT2D eigenvalue weighted by Gasteiger charge is 2.46. The number of aliphatic hydroxyl groups is 1. The smallest absolute Gasteiger partial charge is 0.333 e. The predicted molar refractivity (Wildman–Crippen MR) is 126 cm³/mol. The van der Waals surface area contributed by atoms with Gasteiger partial charge in [0.15, 0.2) is 6.29 Å². The zero-order chi connectivity index (χ0) is 24.4. The van der Waals surface area contributed by atoms with E-state index in [0.29, 0.717) is 5.56 Å². The Bertz CT molecular complexity index is 1260. The number of nitrogens with zero attached hydrogens (tertiary/aromatic N) is 2. The molecule has 2 fully saturated rings. The van der Waals surface area contributed by atoms with Gasteiger partial charge in [-0.1, -0.05) is 60.7 Å². The molecule has 2 aliphatic rings. The molecule has 1 unspecified atom stereocenters. The molecule has 0 radical (unpaired) electrons. The molecule has 2 saturated heterocycles. The Labute approximate surface area is 202 Å². The van der Waals surface area contributed by atoms with E-state index in [1.54, 1.807) is 6.92 Å². The summed E-state index contributed by atoms with van der Waals surface area (Å²) in [6.45, 7) is 2.02. The van der Waals surface area contributed by atoms with Gasteiger partial charge in [0, 0.05) is 17.3 Å². The minimum atomic E-state index is -1.04. The highest BCUT2D eigenvalue weighted by Crippen LogP contribution is 2.35. The monoisotopic (exact) mass is 480 g/mol. The Morgan fingerprint density at radius 2 is 1.71 bits per heavy atom. The van der Waals surface area contributed by atoms with Crippen LogP contribution in [-0.4, -0.2) is 45.8 Å². The van der Waals surface area contributed by atoms with Gasteiger partial charge in [-0.05, 0) is 12.5 Å². The molecule has 5 atom stereocenters. The Hall–Kier alpha value is -3.08. The lowest BCUT2D eigenvalue weighted by molar-refractivity contribution is -0.306. The van der Waals surface area contributed by atoms with Crippen molar-refractivity contribution in [3.63, 3.8) is 0 Å². The molecule has 0 aliphatic carbocycles. The molecule has 9 nitrogen and oxygen atoms in total. The molecule has 1 N–H and O–H groups in total. The van der Waals surface area contributed by atoms with Crippen molar-refractivity contribution in [1.82, 2.24) is 9.13 Å². The number of benzene rings is 2. The zero-order valence-electron chi connectivity index (χ0n) is 19.4. The highest BCUT2D eigenvalue weighted by atomic mass is 16.7. The second kappa shape index (κ2) is 10.3. The maximum atomic E-state index is 13.3.